The van der Waals surface area contributed by atoms with Crippen LogP contribution in [0.4, 0.5) is 11.4 Å². The summed E-state index contributed by atoms with van der Waals surface area (Å²) < 4.78 is 5.63. The summed E-state index contributed by atoms with van der Waals surface area (Å²) >= 11 is 8.27. The molecule has 0 aliphatic carbocycles. The van der Waals surface area contributed by atoms with Crippen molar-refractivity contribution in [3.8, 4) is 0 Å². The fourth-order valence-electron chi connectivity index (χ4n) is 2.43. The van der Waals surface area contributed by atoms with E-state index in [1.54, 1.807) is 36.4 Å². The van der Waals surface area contributed by atoms with E-state index in [1.165, 1.54) is 6.07 Å². The number of nitrogens with one attached hydrogen (secondary N) is 3. The second-order valence-electron chi connectivity index (χ2n) is 5.86. The maximum Gasteiger partial charge on any atom is 0.293 e. The van der Waals surface area contributed by atoms with E-state index in [4.69, 9.17) is 16.6 Å². The lowest BCUT2D eigenvalue weighted by molar-refractivity contribution is 0.0948. The van der Waals surface area contributed by atoms with Crippen LogP contribution < -0.4 is 16.0 Å². The second kappa shape index (κ2) is 8.81. The quantitative estimate of drug-likeness (QED) is 0.493. The van der Waals surface area contributed by atoms with Gasteiger partial charge in [-0.3, -0.25) is 14.9 Å². The second-order valence-corrected chi connectivity index (χ2v) is 7.05. The highest BCUT2D eigenvalue weighted by Gasteiger charge is 2.12. The van der Waals surface area contributed by atoms with E-state index in [0.717, 1.165) is 5.56 Å². The van der Waals surface area contributed by atoms with E-state index in [0.29, 0.717) is 21.6 Å². The van der Waals surface area contributed by atoms with Gasteiger partial charge < -0.3 is 15.1 Å². The minimum absolute atomic E-state index is 0.134. The number of amides is 2. The lowest BCUT2D eigenvalue weighted by Crippen LogP contribution is -2.33. The van der Waals surface area contributed by atoms with Gasteiger partial charge in [-0.1, -0.05) is 18.2 Å². The Labute approximate surface area is 175 Å². The van der Waals surface area contributed by atoms with Gasteiger partial charge in [-0.15, -0.1) is 0 Å². The fraction of sp³-hybridized carbons (Fsp3) is 0.0500. The fourth-order valence-corrected chi connectivity index (χ4v) is 2.94. The SMILES string of the molecule is Cc1ccccc1C(=O)Nc1ccc(NC(=S)NC(=O)c2ccc(Br)o2)cc1. The van der Waals surface area contributed by atoms with E-state index >= 15 is 0 Å². The molecule has 0 radical (unpaired) electrons. The molecule has 2 amide bonds. The van der Waals surface area contributed by atoms with Crippen molar-refractivity contribution in [2.24, 2.45) is 0 Å². The molecule has 6 nitrogen and oxygen atoms in total. The number of thiocarbonyl (C=S) groups is 1. The van der Waals surface area contributed by atoms with Gasteiger partial charge in [-0.05, 0) is 83.1 Å². The molecule has 0 fully saturated rings. The molecule has 1 aromatic heterocycles. The van der Waals surface area contributed by atoms with E-state index in [1.807, 2.05) is 25.1 Å². The number of hydrogen-bond acceptors (Lipinski definition) is 4. The number of furan rings is 1. The minimum atomic E-state index is -0.453. The predicted molar refractivity (Wildman–Crippen MR) is 116 cm³/mol. The monoisotopic (exact) mass is 457 g/mol. The molecule has 142 valence electrons. The molecule has 0 aliphatic heterocycles. The molecular weight excluding hydrogens is 442 g/mol. The highest BCUT2D eigenvalue weighted by atomic mass is 79.9. The van der Waals surface area contributed by atoms with Gasteiger partial charge in [0.2, 0.25) is 0 Å². The molecular formula is C20H16BrN3O3S. The molecule has 0 unspecified atom stereocenters. The first kappa shape index (κ1) is 19.8. The number of rotatable bonds is 4. The zero-order valence-electron chi connectivity index (χ0n) is 14.8. The molecule has 0 saturated carbocycles. The molecule has 0 atom stereocenters. The zero-order valence-corrected chi connectivity index (χ0v) is 17.2. The van der Waals surface area contributed by atoms with E-state index in [9.17, 15) is 9.59 Å². The Kier molecular flexibility index (Phi) is 6.23. The molecule has 8 heteroatoms. The van der Waals surface area contributed by atoms with Gasteiger partial charge in [0, 0.05) is 16.9 Å². The smallest absolute Gasteiger partial charge is 0.293 e. The predicted octanol–water partition coefficient (Wildman–Crippen LogP) is 4.73. The van der Waals surface area contributed by atoms with Crippen LogP contribution in [0.2, 0.25) is 0 Å². The summed E-state index contributed by atoms with van der Waals surface area (Å²) in [6.45, 7) is 1.89. The lowest BCUT2D eigenvalue weighted by Gasteiger charge is -2.10. The van der Waals surface area contributed by atoms with Gasteiger partial charge in [0.05, 0.1) is 0 Å². The van der Waals surface area contributed by atoms with Crippen LogP contribution in [-0.2, 0) is 0 Å². The van der Waals surface area contributed by atoms with Gasteiger partial charge in [-0.2, -0.15) is 0 Å². The molecule has 28 heavy (non-hydrogen) atoms. The van der Waals surface area contributed by atoms with Crippen molar-refractivity contribution in [3.63, 3.8) is 0 Å². The molecule has 1 heterocycles. The van der Waals surface area contributed by atoms with Gasteiger partial charge in [-0.25, -0.2) is 0 Å². The number of carbonyl (C=O) groups is 2. The summed E-state index contributed by atoms with van der Waals surface area (Å²) in [5, 5.41) is 8.42. The van der Waals surface area contributed by atoms with Crippen LogP contribution in [0.1, 0.15) is 26.5 Å². The molecule has 0 bridgehead atoms. The van der Waals surface area contributed by atoms with E-state index in [2.05, 4.69) is 31.9 Å². The van der Waals surface area contributed by atoms with Crippen LogP contribution >= 0.6 is 28.1 Å². The van der Waals surface area contributed by atoms with Gasteiger partial charge >= 0.3 is 0 Å². The summed E-state index contributed by atoms with van der Waals surface area (Å²) in [5.74, 6) is -0.484. The highest BCUT2D eigenvalue weighted by Crippen LogP contribution is 2.16. The third-order valence-electron chi connectivity index (χ3n) is 3.81. The van der Waals surface area contributed by atoms with E-state index < -0.39 is 5.91 Å². The summed E-state index contributed by atoms with van der Waals surface area (Å²) in [6.07, 6.45) is 0. The summed E-state index contributed by atoms with van der Waals surface area (Å²) in [6, 6.07) is 17.5. The number of anilines is 2. The molecule has 3 aromatic rings. The Morgan fingerprint density at radius 1 is 0.893 bits per heavy atom. The first-order valence-electron chi connectivity index (χ1n) is 8.27. The molecule has 0 aliphatic rings. The zero-order chi connectivity index (χ0) is 20.1. The lowest BCUT2D eigenvalue weighted by atomic mass is 10.1. The largest absolute Gasteiger partial charge is 0.444 e. The van der Waals surface area contributed by atoms with Crippen molar-refractivity contribution in [2.45, 2.75) is 6.92 Å². The standard InChI is InChI=1S/C20H16BrN3O3S/c1-12-4-2-3-5-15(12)18(25)22-13-6-8-14(9-7-13)23-20(28)24-19(26)16-10-11-17(21)27-16/h2-11H,1H3,(H,22,25)(H2,23,24,26,28). The summed E-state index contributed by atoms with van der Waals surface area (Å²) in [5.41, 5.74) is 2.84. The Morgan fingerprint density at radius 2 is 1.54 bits per heavy atom. The van der Waals surface area contributed by atoms with E-state index in [-0.39, 0.29) is 16.8 Å². The van der Waals surface area contributed by atoms with Crippen molar-refractivity contribution >= 4 is 56.4 Å². The highest BCUT2D eigenvalue weighted by molar-refractivity contribution is 9.10. The Bertz CT molecular complexity index is 1030. The normalized spacial score (nSPS) is 10.2. The summed E-state index contributed by atoms with van der Waals surface area (Å²) in [7, 11) is 0. The number of benzene rings is 2. The van der Waals surface area contributed by atoms with Crippen LogP contribution in [0.15, 0.2) is 69.8 Å². The maximum atomic E-state index is 12.3. The third-order valence-corrected chi connectivity index (χ3v) is 4.44. The first-order valence-corrected chi connectivity index (χ1v) is 9.47. The maximum absolute atomic E-state index is 12.3. The number of carbonyl (C=O) groups excluding carboxylic acids is 2. The molecule has 3 rings (SSSR count). The molecule has 3 N–H and O–H groups in total. The average Bonchev–Trinajstić information content (AvgIpc) is 3.10. The molecule has 0 saturated heterocycles. The Balaban J connectivity index is 1.57. The first-order chi connectivity index (χ1) is 13.4. The van der Waals surface area contributed by atoms with Crippen molar-refractivity contribution < 1.29 is 14.0 Å². The number of halogens is 1. The third kappa shape index (κ3) is 5.05. The molecule has 0 spiro atoms. The van der Waals surface area contributed by atoms with Crippen molar-refractivity contribution in [3.05, 3.63) is 82.2 Å². The molecule has 2 aromatic carbocycles. The van der Waals surface area contributed by atoms with Crippen LogP contribution in [0, 0.1) is 6.92 Å². The van der Waals surface area contributed by atoms with Gasteiger partial charge in [0.15, 0.2) is 15.5 Å². The average molecular weight is 458 g/mol. The minimum Gasteiger partial charge on any atom is -0.444 e. The van der Waals surface area contributed by atoms with Crippen molar-refractivity contribution in [1.82, 2.24) is 5.32 Å². The van der Waals surface area contributed by atoms with Gasteiger partial charge in [0.1, 0.15) is 0 Å². The Morgan fingerprint density at radius 3 is 2.14 bits per heavy atom. The summed E-state index contributed by atoms with van der Waals surface area (Å²) in [4.78, 5) is 24.3. The van der Waals surface area contributed by atoms with Crippen LogP contribution in [0.25, 0.3) is 0 Å². The van der Waals surface area contributed by atoms with Crippen molar-refractivity contribution in [1.29, 1.82) is 0 Å². The Hall–Kier alpha value is -2.97. The van der Waals surface area contributed by atoms with Crippen molar-refractivity contribution in [2.75, 3.05) is 10.6 Å². The van der Waals surface area contributed by atoms with Crippen LogP contribution in [0.5, 0.6) is 0 Å². The topological polar surface area (TPSA) is 83.4 Å². The van der Waals surface area contributed by atoms with Gasteiger partial charge in [0.25, 0.3) is 11.8 Å². The van der Waals surface area contributed by atoms with Crippen LogP contribution in [-0.4, -0.2) is 16.9 Å². The van der Waals surface area contributed by atoms with Crippen LogP contribution in [0.3, 0.4) is 0 Å². The number of hydrogen-bond donors (Lipinski definition) is 3. The number of aryl methyl sites for hydroxylation is 1.